The maximum Gasteiger partial charge on any atom is 0.340 e. The van der Waals surface area contributed by atoms with Crippen LogP contribution < -0.4 is 10.6 Å². The number of benzene rings is 2. The average Bonchev–Trinajstić information content (AvgIpc) is 2.70. The van der Waals surface area contributed by atoms with Crippen molar-refractivity contribution in [3.63, 3.8) is 0 Å². The molecule has 0 heterocycles. The van der Waals surface area contributed by atoms with Gasteiger partial charge in [-0.2, -0.15) is 0 Å². The second-order valence-corrected chi connectivity index (χ2v) is 5.52. The number of nitro groups is 2. The van der Waals surface area contributed by atoms with Gasteiger partial charge in [-0.05, 0) is 17.7 Å². The number of ether oxygens (including phenoxy) is 1. The number of nitrogens with zero attached hydrogens (tertiary/aromatic N) is 2. The quantitative estimate of drug-likeness (QED) is 0.416. The molecule has 0 radical (unpaired) electrons. The molecule has 0 saturated heterocycles. The highest BCUT2D eigenvalue weighted by atomic mass is 16.6. The zero-order valence-electron chi connectivity index (χ0n) is 14.9. The van der Waals surface area contributed by atoms with Gasteiger partial charge in [0, 0.05) is 25.2 Å². The second-order valence-electron chi connectivity index (χ2n) is 5.52. The van der Waals surface area contributed by atoms with Crippen LogP contribution in [0.4, 0.5) is 17.1 Å². The Labute approximate surface area is 158 Å². The maximum absolute atomic E-state index is 12.0. The SMILES string of the molecule is CNC(=O)c1ccc(CNc2c(C(=O)OC)cc([N+](=O)[O-])cc2[N+](=O)[O-])cc1. The Bertz CT molecular complexity index is 941. The van der Waals surface area contributed by atoms with Crippen molar-refractivity contribution in [3.05, 3.63) is 73.3 Å². The molecule has 11 heteroatoms. The number of amides is 1. The summed E-state index contributed by atoms with van der Waals surface area (Å²) in [6.07, 6.45) is 0. The molecule has 0 aromatic heterocycles. The van der Waals surface area contributed by atoms with Gasteiger partial charge in [0.1, 0.15) is 5.69 Å². The zero-order valence-corrected chi connectivity index (χ0v) is 14.9. The van der Waals surface area contributed by atoms with E-state index in [1.54, 1.807) is 24.3 Å². The number of non-ortho nitro benzene ring substituents is 1. The van der Waals surface area contributed by atoms with Crippen molar-refractivity contribution in [1.29, 1.82) is 0 Å². The highest BCUT2D eigenvalue weighted by molar-refractivity contribution is 5.99. The summed E-state index contributed by atoms with van der Waals surface area (Å²) in [5.74, 6) is -1.22. The molecule has 2 N–H and O–H groups in total. The van der Waals surface area contributed by atoms with Crippen LogP contribution in [-0.4, -0.2) is 35.9 Å². The van der Waals surface area contributed by atoms with E-state index in [1.165, 1.54) is 7.05 Å². The van der Waals surface area contributed by atoms with E-state index in [1.807, 2.05) is 0 Å². The molecular weight excluding hydrogens is 372 g/mol. The average molecular weight is 388 g/mol. The van der Waals surface area contributed by atoms with Crippen LogP contribution in [0.25, 0.3) is 0 Å². The first-order chi connectivity index (χ1) is 13.3. The minimum Gasteiger partial charge on any atom is -0.465 e. The minimum absolute atomic E-state index is 0.0661. The van der Waals surface area contributed by atoms with Crippen molar-refractivity contribution in [2.75, 3.05) is 19.5 Å². The van der Waals surface area contributed by atoms with E-state index in [9.17, 15) is 29.8 Å². The monoisotopic (exact) mass is 388 g/mol. The topological polar surface area (TPSA) is 154 Å². The van der Waals surface area contributed by atoms with E-state index in [0.29, 0.717) is 11.1 Å². The second kappa shape index (κ2) is 8.58. The molecule has 0 aliphatic heterocycles. The predicted molar refractivity (Wildman–Crippen MR) is 98.2 cm³/mol. The lowest BCUT2D eigenvalue weighted by molar-refractivity contribution is -0.393. The van der Waals surface area contributed by atoms with Gasteiger partial charge in [-0.1, -0.05) is 12.1 Å². The van der Waals surface area contributed by atoms with Gasteiger partial charge >= 0.3 is 5.97 Å². The molecule has 0 aliphatic carbocycles. The van der Waals surface area contributed by atoms with Crippen molar-refractivity contribution in [3.8, 4) is 0 Å². The molecule has 2 aromatic rings. The Morgan fingerprint density at radius 3 is 2.21 bits per heavy atom. The van der Waals surface area contributed by atoms with Crippen LogP contribution in [-0.2, 0) is 11.3 Å². The minimum atomic E-state index is -0.954. The van der Waals surface area contributed by atoms with E-state index in [-0.39, 0.29) is 23.7 Å². The maximum atomic E-state index is 12.0. The van der Waals surface area contributed by atoms with E-state index >= 15 is 0 Å². The lowest BCUT2D eigenvalue weighted by atomic mass is 10.1. The summed E-state index contributed by atoms with van der Waals surface area (Å²) in [4.78, 5) is 44.3. The molecular formula is C17H16N4O7. The first-order valence-electron chi connectivity index (χ1n) is 7.88. The molecule has 146 valence electrons. The van der Waals surface area contributed by atoms with Gasteiger partial charge < -0.3 is 15.4 Å². The summed E-state index contributed by atoms with van der Waals surface area (Å²) >= 11 is 0. The molecule has 1 amide bonds. The molecule has 0 spiro atoms. The summed E-state index contributed by atoms with van der Waals surface area (Å²) < 4.78 is 4.58. The summed E-state index contributed by atoms with van der Waals surface area (Å²) in [5, 5.41) is 27.6. The van der Waals surface area contributed by atoms with Gasteiger partial charge in [-0.15, -0.1) is 0 Å². The number of carbonyl (C=O) groups excluding carboxylic acids is 2. The van der Waals surface area contributed by atoms with E-state index in [2.05, 4.69) is 15.4 Å². The smallest absolute Gasteiger partial charge is 0.340 e. The summed E-state index contributed by atoms with van der Waals surface area (Å²) in [6.45, 7) is 0.0661. The van der Waals surface area contributed by atoms with Crippen LogP contribution in [0.5, 0.6) is 0 Å². The number of methoxy groups -OCH3 is 1. The molecule has 2 rings (SSSR count). The Morgan fingerprint density at radius 2 is 1.71 bits per heavy atom. The number of anilines is 1. The number of carbonyl (C=O) groups is 2. The van der Waals surface area contributed by atoms with Gasteiger partial charge in [-0.3, -0.25) is 25.0 Å². The number of esters is 1. The number of hydrogen-bond donors (Lipinski definition) is 2. The third kappa shape index (κ3) is 4.38. The Balaban J connectivity index is 2.40. The molecule has 0 bridgehead atoms. The van der Waals surface area contributed by atoms with Crippen molar-refractivity contribution in [1.82, 2.24) is 5.32 Å². The number of rotatable bonds is 7. The molecule has 0 aliphatic rings. The van der Waals surface area contributed by atoms with Crippen molar-refractivity contribution in [2.24, 2.45) is 0 Å². The van der Waals surface area contributed by atoms with E-state index in [4.69, 9.17) is 0 Å². The Morgan fingerprint density at radius 1 is 1.07 bits per heavy atom. The van der Waals surface area contributed by atoms with Crippen molar-refractivity contribution in [2.45, 2.75) is 6.54 Å². The summed E-state index contributed by atoms with van der Waals surface area (Å²) in [5.41, 5.74) is -0.661. The van der Waals surface area contributed by atoms with Gasteiger partial charge in [0.15, 0.2) is 0 Å². The summed E-state index contributed by atoms with van der Waals surface area (Å²) in [6, 6.07) is 8.08. The standard InChI is InChI=1S/C17H16N4O7/c1-18-16(22)11-5-3-10(4-6-11)9-19-15-13(17(23)28-2)7-12(20(24)25)8-14(15)21(26)27/h3-8,19H,9H2,1-2H3,(H,18,22). The third-order valence-corrected chi connectivity index (χ3v) is 3.83. The van der Waals surface area contributed by atoms with Crippen molar-refractivity contribution >= 4 is 28.9 Å². The molecule has 28 heavy (non-hydrogen) atoms. The van der Waals surface area contributed by atoms with Crippen LogP contribution in [0.2, 0.25) is 0 Å². The number of hydrogen-bond acceptors (Lipinski definition) is 8. The highest BCUT2D eigenvalue weighted by Gasteiger charge is 2.27. The number of nitrogens with one attached hydrogen (secondary N) is 2. The van der Waals surface area contributed by atoms with E-state index < -0.39 is 27.2 Å². The largest absolute Gasteiger partial charge is 0.465 e. The van der Waals surface area contributed by atoms with Crippen LogP contribution >= 0.6 is 0 Å². The molecule has 11 nitrogen and oxygen atoms in total. The van der Waals surface area contributed by atoms with Crippen LogP contribution in [0.15, 0.2) is 36.4 Å². The lowest BCUT2D eigenvalue weighted by Crippen LogP contribution is -2.17. The summed E-state index contributed by atoms with van der Waals surface area (Å²) in [7, 11) is 2.56. The van der Waals surface area contributed by atoms with Gasteiger partial charge in [0.25, 0.3) is 17.3 Å². The lowest BCUT2D eigenvalue weighted by Gasteiger charge is -2.12. The first kappa shape index (κ1) is 20.3. The third-order valence-electron chi connectivity index (χ3n) is 3.83. The van der Waals surface area contributed by atoms with Crippen LogP contribution in [0.1, 0.15) is 26.3 Å². The number of nitro benzene ring substituents is 2. The van der Waals surface area contributed by atoms with Crippen LogP contribution in [0, 0.1) is 20.2 Å². The fourth-order valence-electron chi connectivity index (χ4n) is 2.43. The Hall–Kier alpha value is -4.02. The van der Waals surface area contributed by atoms with E-state index in [0.717, 1.165) is 19.2 Å². The van der Waals surface area contributed by atoms with Crippen molar-refractivity contribution < 1.29 is 24.2 Å². The highest BCUT2D eigenvalue weighted by Crippen LogP contribution is 2.34. The Kier molecular flexibility index (Phi) is 6.22. The fourth-order valence-corrected chi connectivity index (χ4v) is 2.43. The zero-order chi connectivity index (χ0) is 20.8. The van der Waals surface area contributed by atoms with Gasteiger partial charge in [-0.25, -0.2) is 4.79 Å². The predicted octanol–water partition coefficient (Wildman–Crippen LogP) is 2.26. The normalized spacial score (nSPS) is 10.1. The molecule has 0 unspecified atom stereocenters. The van der Waals surface area contributed by atoms with Gasteiger partial charge in [0.2, 0.25) is 0 Å². The van der Waals surface area contributed by atoms with Gasteiger partial charge in [0.05, 0.1) is 28.6 Å². The molecule has 2 aromatic carbocycles. The first-order valence-corrected chi connectivity index (χ1v) is 7.88. The molecule has 0 atom stereocenters. The van der Waals surface area contributed by atoms with Crippen LogP contribution in [0.3, 0.4) is 0 Å². The molecule has 0 saturated carbocycles. The fraction of sp³-hybridized carbons (Fsp3) is 0.176. The molecule has 0 fully saturated rings.